The van der Waals surface area contributed by atoms with Crippen molar-refractivity contribution in [3.63, 3.8) is 0 Å². The molecular formula is C16H23N3O. The molecule has 2 aliphatic heterocycles. The zero-order chi connectivity index (χ0) is 14.3. The average Bonchev–Trinajstić information content (AvgIpc) is 2.89. The number of benzene rings is 1. The first-order valence-electron chi connectivity index (χ1n) is 7.46. The summed E-state index contributed by atoms with van der Waals surface area (Å²) in [6.45, 7) is 7.88. The minimum absolute atomic E-state index is 0.140. The quantitative estimate of drug-likeness (QED) is 0.794. The van der Waals surface area contributed by atoms with Gasteiger partial charge in [0.2, 0.25) is 0 Å². The van der Waals surface area contributed by atoms with Crippen LogP contribution in [0.5, 0.6) is 0 Å². The van der Waals surface area contributed by atoms with E-state index in [1.54, 1.807) is 0 Å². The predicted molar refractivity (Wildman–Crippen MR) is 80.8 cm³/mol. The van der Waals surface area contributed by atoms with E-state index >= 15 is 0 Å². The fourth-order valence-electron chi connectivity index (χ4n) is 3.45. The fraction of sp³-hybridized carbons (Fsp3) is 0.562. The van der Waals surface area contributed by atoms with Gasteiger partial charge in [-0.1, -0.05) is 6.07 Å². The highest BCUT2D eigenvalue weighted by Gasteiger charge is 2.33. The molecule has 2 saturated heterocycles. The maximum atomic E-state index is 12.7. The Morgan fingerprint density at radius 2 is 2.00 bits per heavy atom. The van der Waals surface area contributed by atoms with Gasteiger partial charge in [-0.3, -0.25) is 9.69 Å². The minimum atomic E-state index is 0.140. The highest BCUT2D eigenvalue weighted by atomic mass is 16.2. The van der Waals surface area contributed by atoms with E-state index in [-0.39, 0.29) is 5.91 Å². The van der Waals surface area contributed by atoms with Crippen LogP contribution in [0.25, 0.3) is 0 Å². The van der Waals surface area contributed by atoms with Crippen LogP contribution in [0.15, 0.2) is 12.1 Å². The van der Waals surface area contributed by atoms with Crippen molar-refractivity contribution in [1.82, 2.24) is 9.80 Å². The summed E-state index contributed by atoms with van der Waals surface area (Å²) in [7, 11) is 0. The first-order valence-corrected chi connectivity index (χ1v) is 7.46. The Labute approximate surface area is 120 Å². The topological polar surface area (TPSA) is 49.6 Å². The van der Waals surface area contributed by atoms with Gasteiger partial charge in [0.05, 0.1) is 0 Å². The maximum Gasteiger partial charge on any atom is 0.254 e. The summed E-state index contributed by atoms with van der Waals surface area (Å²) in [6, 6.07) is 4.42. The Bertz CT molecular complexity index is 541. The zero-order valence-electron chi connectivity index (χ0n) is 12.4. The molecule has 1 aromatic carbocycles. The molecule has 3 rings (SSSR count). The summed E-state index contributed by atoms with van der Waals surface area (Å²) < 4.78 is 0. The van der Waals surface area contributed by atoms with Gasteiger partial charge in [-0.05, 0) is 50.4 Å². The number of piperazine rings is 1. The highest BCUT2D eigenvalue weighted by Crippen LogP contribution is 2.24. The number of rotatable bonds is 1. The van der Waals surface area contributed by atoms with Crippen molar-refractivity contribution in [2.24, 2.45) is 0 Å². The Balaban J connectivity index is 1.80. The second kappa shape index (κ2) is 5.09. The molecule has 2 heterocycles. The van der Waals surface area contributed by atoms with Gasteiger partial charge in [-0.2, -0.15) is 0 Å². The normalized spacial score (nSPS) is 22.9. The number of nitrogens with two attached hydrogens (primary N) is 1. The lowest BCUT2D eigenvalue weighted by molar-refractivity contribution is 0.0570. The maximum absolute atomic E-state index is 12.7. The van der Waals surface area contributed by atoms with Gasteiger partial charge in [0.15, 0.2) is 0 Å². The van der Waals surface area contributed by atoms with E-state index in [1.807, 2.05) is 30.9 Å². The SMILES string of the molecule is Cc1cc(C)c(C(=O)N2CCN3CCCC3C2)cc1N. The van der Waals surface area contributed by atoms with Crippen molar-refractivity contribution in [2.45, 2.75) is 32.7 Å². The Morgan fingerprint density at radius 1 is 1.20 bits per heavy atom. The minimum Gasteiger partial charge on any atom is -0.398 e. The molecule has 1 amide bonds. The van der Waals surface area contributed by atoms with Crippen molar-refractivity contribution in [2.75, 3.05) is 31.9 Å². The molecule has 4 heteroatoms. The summed E-state index contributed by atoms with van der Waals surface area (Å²) >= 11 is 0. The van der Waals surface area contributed by atoms with Gasteiger partial charge >= 0.3 is 0 Å². The largest absolute Gasteiger partial charge is 0.398 e. The van der Waals surface area contributed by atoms with Crippen molar-refractivity contribution in [1.29, 1.82) is 0 Å². The number of anilines is 1. The Hall–Kier alpha value is -1.55. The molecule has 0 bridgehead atoms. The molecule has 0 aliphatic carbocycles. The predicted octanol–water partition coefficient (Wildman–Crippen LogP) is 1.81. The number of carbonyl (C=O) groups excluding carboxylic acids is 1. The van der Waals surface area contributed by atoms with Crippen LogP contribution < -0.4 is 5.73 Å². The molecule has 2 fully saturated rings. The van der Waals surface area contributed by atoms with Crippen LogP contribution in [0.4, 0.5) is 5.69 Å². The van der Waals surface area contributed by atoms with E-state index in [9.17, 15) is 4.79 Å². The third kappa shape index (κ3) is 2.29. The first kappa shape index (κ1) is 13.4. The molecule has 2 N–H and O–H groups in total. The Kier molecular flexibility index (Phi) is 3.42. The van der Waals surface area contributed by atoms with Crippen LogP contribution in [0.2, 0.25) is 0 Å². The molecule has 1 unspecified atom stereocenters. The van der Waals surface area contributed by atoms with Gasteiger partial charge in [0.1, 0.15) is 0 Å². The van der Waals surface area contributed by atoms with E-state index in [0.29, 0.717) is 11.7 Å². The molecule has 20 heavy (non-hydrogen) atoms. The number of carbonyl (C=O) groups is 1. The van der Waals surface area contributed by atoms with Crippen LogP contribution in [-0.4, -0.2) is 47.9 Å². The van der Waals surface area contributed by atoms with E-state index in [4.69, 9.17) is 5.73 Å². The van der Waals surface area contributed by atoms with E-state index < -0.39 is 0 Å². The summed E-state index contributed by atoms with van der Waals surface area (Å²) in [5.41, 5.74) is 9.50. The average molecular weight is 273 g/mol. The van der Waals surface area contributed by atoms with Crippen molar-refractivity contribution in [3.8, 4) is 0 Å². The van der Waals surface area contributed by atoms with Crippen molar-refractivity contribution in [3.05, 3.63) is 28.8 Å². The third-order valence-electron chi connectivity index (χ3n) is 4.72. The number of amides is 1. The molecular weight excluding hydrogens is 250 g/mol. The molecule has 1 aromatic rings. The van der Waals surface area contributed by atoms with Crippen LogP contribution in [0, 0.1) is 13.8 Å². The molecule has 0 saturated carbocycles. The number of nitrogens with zero attached hydrogens (tertiary/aromatic N) is 2. The van der Waals surface area contributed by atoms with E-state index in [2.05, 4.69) is 4.90 Å². The molecule has 4 nitrogen and oxygen atoms in total. The van der Waals surface area contributed by atoms with Crippen LogP contribution >= 0.6 is 0 Å². The van der Waals surface area contributed by atoms with Crippen LogP contribution in [0.3, 0.4) is 0 Å². The second-order valence-corrected chi connectivity index (χ2v) is 6.11. The fourth-order valence-corrected chi connectivity index (χ4v) is 3.45. The lowest BCUT2D eigenvalue weighted by atomic mass is 10.0. The number of aryl methyl sites for hydroxylation is 2. The van der Waals surface area contributed by atoms with E-state index in [0.717, 1.165) is 36.3 Å². The summed E-state index contributed by atoms with van der Waals surface area (Å²) in [4.78, 5) is 17.2. The van der Waals surface area contributed by atoms with Gasteiger partial charge in [-0.25, -0.2) is 0 Å². The summed E-state index contributed by atoms with van der Waals surface area (Å²) in [5, 5.41) is 0. The molecule has 2 aliphatic rings. The smallest absolute Gasteiger partial charge is 0.254 e. The van der Waals surface area contributed by atoms with Crippen LogP contribution in [0.1, 0.15) is 34.3 Å². The number of hydrogen-bond acceptors (Lipinski definition) is 3. The zero-order valence-corrected chi connectivity index (χ0v) is 12.4. The third-order valence-corrected chi connectivity index (χ3v) is 4.72. The van der Waals surface area contributed by atoms with Crippen LogP contribution in [-0.2, 0) is 0 Å². The van der Waals surface area contributed by atoms with Crippen molar-refractivity contribution >= 4 is 11.6 Å². The lowest BCUT2D eigenvalue weighted by Gasteiger charge is -2.37. The highest BCUT2D eigenvalue weighted by molar-refractivity contribution is 5.96. The second-order valence-electron chi connectivity index (χ2n) is 6.11. The summed E-state index contributed by atoms with van der Waals surface area (Å²) in [6.07, 6.45) is 2.49. The standard InChI is InChI=1S/C16H23N3O/c1-11-8-12(2)15(17)9-14(11)16(20)19-7-6-18-5-3-4-13(18)10-19/h8-9,13H,3-7,10,17H2,1-2H3. The van der Waals surface area contributed by atoms with Gasteiger partial charge in [0, 0.05) is 36.9 Å². The molecule has 0 aromatic heterocycles. The van der Waals surface area contributed by atoms with E-state index in [1.165, 1.54) is 19.4 Å². The number of fused-ring (bicyclic) bond motifs is 1. The molecule has 0 spiro atoms. The first-order chi connectivity index (χ1) is 9.56. The molecule has 108 valence electrons. The van der Waals surface area contributed by atoms with Crippen molar-refractivity contribution < 1.29 is 4.79 Å². The van der Waals surface area contributed by atoms with Gasteiger partial charge < -0.3 is 10.6 Å². The molecule has 0 radical (unpaired) electrons. The number of hydrogen-bond donors (Lipinski definition) is 1. The Morgan fingerprint density at radius 3 is 2.80 bits per heavy atom. The monoisotopic (exact) mass is 273 g/mol. The van der Waals surface area contributed by atoms with Gasteiger partial charge in [0.25, 0.3) is 5.91 Å². The number of nitrogen functional groups attached to an aromatic ring is 1. The lowest BCUT2D eigenvalue weighted by Crippen LogP contribution is -2.52. The molecule has 1 atom stereocenters. The summed E-state index contributed by atoms with van der Waals surface area (Å²) in [5.74, 6) is 0.140. The van der Waals surface area contributed by atoms with Gasteiger partial charge in [-0.15, -0.1) is 0 Å².